The van der Waals surface area contributed by atoms with Gasteiger partial charge in [-0.25, -0.2) is 0 Å². The summed E-state index contributed by atoms with van der Waals surface area (Å²) in [5.74, 6) is 0. The molecular weight excluding hydrogens is 230 g/mol. The Hall–Kier alpha value is -0.300. The standard InChI is InChI=1S/C18H37N/c1-5-7-8-9-10-11-12-13-14-15-16-18(3,4)19-17-6-2/h7-8,19H,5-6,9-17H2,1-4H3/b8-7+. The van der Waals surface area contributed by atoms with Crippen molar-refractivity contribution in [3.8, 4) is 0 Å². The van der Waals surface area contributed by atoms with Gasteiger partial charge in [-0.3, -0.25) is 0 Å². The summed E-state index contributed by atoms with van der Waals surface area (Å²) in [6.45, 7) is 10.3. The molecule has 0 aliphatic heterocycles. The van der Waals surface area contributed by atoms with E-state index in [0.29, 0.717) is 5.54 Å². The van der Waals surface area contributed by atoms with E-state index in [-0.39, 0.29) is 0 Å². The number of nitrogens with one attached hydrogen (secondary N) is 1. The lowest BCUT2D eigenvalue weighted by molar-refractivity contribution is 0.347. The molecule has 0 bridgehead atoms. The Morgan fingerprint density at radius 3 is 2.11 bits per heavy atom. The van der Waals surface area contributed by atoms with Crippen LogP contribution in [0.4, 0.5) is 0 Å². The highest BCUT2D eigenvalue weighted by atomic mass is 14.9. The molecule has 0 saturated heterocycles. The molecule has 19 heavy (non-hydrogen) atoms. The molecule has 0 fully saturated rings. The van der Waals surface area contributed by atoms with Gasteiger partial charge in [0.25, 0.3) is 0 Å². The first-order valence-electron chi connectivity index (χ1n) is 8.52. The molecule has 0 aliphatic carbocycles. The lowest BCUT2D eigenvalue weighted by Gasteiger charge is -2.26. The Morgan fingerprint density at radius 2 is 1.47 bits per heavy atom. The fraction of sp³-hybridized carbons (Fsp3) is 0.889. The molecule has 0 aromatic heterocycles. The topological polar surface area (TPSA) is 12.0 Å². The second-order valence-corrected chi connectivity index (χ2v) is 6.35. The summed E-state index contributed by atoms with van der Waals surface area (Å²) in [4.78, 5) is 0. The molecule has 0 aromatic rings. The van der Waals surface area contributed by atoms with Crippen molar-refractivity contribution < 1.29 is 0 Å². The van der Waals surface area contributed by atoms with Gasteiger partial charge in [0.1, 0.15) is 0 Å². The first kappa shape index (κ1) is 18.7. The van der Waals surface area contributed by atoms with Crippen LogP contribution in [0.1, 0.15) is 91.9 Å². The SMILES string of the molecule is CC/C=C/CCCCCCCCC(C)(C)NCCC. The van der Waals surface area contributed by atoms with Crippen LogP contribution in [0, 0.1) is 0 Å². The quantitative estimate of drug-likeness (QED) is 0.326. The summed E-state index contributed by atoms with van der Waals surface area (Å²) in [7, 11) is 0. The lowest BCUT2D eigenvalue weighted by atomic mass is 9.96. The molecular formula is C18H37N. The smallest absolute Gasteiger partial charge is 0.0125 e. The normalized spacial score (nSPS) is 12.4. The molecule has 0 saturated carbocycles. The molecule has 0 spiro atoms. The van der Waals surface area contributed by atoms with Gasteiger partial charge in [-0.15, -0.1) is 0 Å². The van der Waals surface area contributed by atoms with Crippen LogP contribution in [-0.4, -0.2) is 12.1 Å². The van der Waals surface area contributed by atoms with Crippen LogP contribution in [0.5, 0.6) is 0 Å². The Balaban J connectivity index is 3.28. The molecule has 114 valence electrons. The number of hydrogen-bond acceptors (Lipinski definition) is 1. The van der Waals surface area contributed by atoms with Crippen LogP contribution < -0.4 is 5.32 Å². The van der Waals surface area contributed by atoms with Crippen LogP contribution >= 0.6 is 0 Å². The van der Waals surface area contributed by atoms with E-state index in [1.165, 1.54) is 64.2 Å². The third kappa shape index (κ3) is 13.9. The lowest BCUT2D eigenvalue weighted by Crippen LogP contribution is -2.39. The highest BCUT2D eigenvalue weighted by Crippen LogP contribution is 2.15. The predicted octanol–water partition coefficient (Wildman–Crippen LogP) is 5.85. The second-order valence-electron chi connectivity index (χ2n) is 6.35. The minimum Gasteiger partial charge on any atom is -0.312 e. The van der Waals surface area contributed by atoms with Crippen molar-refractivity contribution in [3.63, 3.8) is 0 Å². The summed E-state index contributed by atoms with van der Waals surface area (Å²) in [5, 5.41) is 3.63. The van der Waals surface area contributed by atoms with Gasteiger partial charge in [0.15, 0.2) is 0 Å². The maximum atomic E-state index is 3.63. The van der Waals surface area contributed by atoms with Crippen molar-refractivity contribution in [1.29, 1.82) is 0 Å². The average Bonchev–Trinajstić information content (AvgIpc) is 2.38. The summed E-state index contributed by atoms with van der Waals surface area (Å²) < 4.78 is 0. The third-order valence-corrected chi connectivity index (χ3v) is 3.68. The molecule has 0 radical (unpaired) electrons. The highest BCUT2D eigenvalue weighted by molar-refractivity contribution is 4.79. The molecule has 0 aromatic carbocycles. The van der Waals surface area contributed by atoms with E-state index in [1.54, 1.807) is 0 Å². The van der Waals surface area contributed by atoms with Crippen LogP contribution in [0.3, 0.4) is 0 Å². The zero-order valence-electron chi connectivity index (χ0n) is 13.9. The van der Waals surface area contributed by atoms with E-state index in [0.717, 1.165) is 6.54 Å². The van der Waals surface area contributed by atoms with Crippen LogP contribution in [0.15, 0.2) is 12.2 Å². The van der Waals surface area contributed by atoms with E-state index < -0.39 is 0 Å². The largest absolute Gasteiger partial charge is 0.312 e. The molecule has 0 heterocycles. The van der Waals surface area contributed by atoms with E-state index in [2.05, 4.69) is 45.2 Å². The first-order chi connectivity index (χ1) is 9.12. The van der Waals surface area contributed by atoms with Crippen LogP contribution in [0.25, 0.3) is 0 Å². The molecule has 0 aliphatic rings. The fourth-order valence-corrected chi connectivity index (χ4v) is 2.37. The number of rotatable bonds is 13. The van der Waals surface area contributed by atoms with Crippen molar-refractivity contribution in [3.05, 3.63) is 12.2 Å². The van der Waals surface area contributed by atoms with Crippen molar-refractivity contribution in [2.45, 2.75) is 97.4 Å². The summed E-state index contributed by atoms with van der Waals surface area (Å²) >= 11 is 0. The Kier molecular flexibility index (Phi) is 12.5. The molecule has 1 N–H and O–H groups in total. The Labute approximate surface area is 122 Å². The highest BCUT2D eigenvalue weighted by Gasteiger charge is 2.14. The number of hydrogen-bond donors (Lipinski definition) is 1. The molecule has 0 atom stereocenters. The van der Waals surface area contributed by atoms with Gasteiger partial charge in [0.05, 0.1) is 0 Å². The molecule has 1 nitrogen and oxygen atoms in total. The summed E-state index contributed by atoms with van der Waals surface area (Å²) in [6, 6.07) is 0. The van der Waals surface area contributed by atoms with E-state index in [9.17, 15) is 0 Å². The number of unbranched alkanes of at least 4 members (excludes halogenated alkanes) is 6. The maximum absolute atomic E-state index is 3.63. The molecule has 0 amide bonds. The van der Waals surface area contributed by atoms with Gasteiger partial charge in [-0.2, -0.15) is 0 Å². The molecule has 0 unspecified atom stereocenters. The Morgan fingerprint density at radius 1 is 0.842 bits per heavy atom. The van der Waals surface area contributed by atoms with Gasteiger partial charge in [0, 0.05) is 5.54 Å². The molecule has 1 heteroatoms. The monoisotopic (exact) mass is 267 g/mol. The number of allylic oxidation sites excluding steroid dienone is 2. The van der Waals surface area contributed by atoms with E-state index in [1.807, 2.05) is 0 Å². The van der Waals surface area contributed by atoms with Crippen LogP contribution in [0.2, 0.25) is 0 Å². The van der Waals surface area contributed by atoms with Gasteiger partial charge in [0.2, 0.25) is 0 Å². The zero-order chi connectivity index (χ0) is 14.4. The second kappa shape index (κ2) is 12.7. The zero-order valence-corrected chi connectivity index (χ0v) is 13.9. The summed E-state index contributed by atoms with van der Waals surface area (Å²) in [6.07, 6.45) is 18.0. The molecule has 0 rings (SSSR count). The summed E-state index contributed by atoms with van der Waals surface area (Å²) in [5.41, 5.74) is 0.334. The first-order valence-corrected chi connectivity index (χ1v) is 8.52. The van der Waals surface area contributed by atoms with E-state index in [4.69, 9.17) is 0 Å². The van der Waals surface area contributed by atoms with Crippen molar-refractivity contribution in [2.75, 3.05) is 6.54 Å². The van der Waals surface area contributed by atoms with Gasteiger partial charge in [-0.1, -0.05) is 58.1 Å². The van der Waals surface area contributed by atoms with Gasteiger partial charge >= 0.3 is 0 Å². The fourth-order valence-electron chi connectivity index (χ4n) is 2.37. The van der Waals surface area contributed by atoms with E-state index >= 15 is 0 Å². The third-order valence-electron chi connectivity index (χ3n) is 3.68. The minimum atomic E-state index is 0.334. The van der Waals surface area contributed by atoms with Gasteiger partial charge < -0.3 is 5.32 Å². The van der Waals surface area contributed by atoms with Gasteiger partial charge in [-0.05, 0) is 52.5 Å². The van der Waals surface area contributed by atoms with Crippen molar-refractivity contribution in [1.82, 2.24) is 5.32 Å². The average molecular weight is 268 g/mol. The van der Waals surface area contributed by atoms with Crippen molar-refractivity contribution in [2.24, 2.45) is 0 Å². The predicted molar refractivity (Wildman–Crippen MR) is 88.7 cm³/mol. The maximum Gasteiger partial charge on any atom is 0.0125 e. The minimum absolute atomic E-state index is 0.334. The van der Waals surface area contributed by atoms with Crippen molar-refractivity contribution >= 4 is 0 Å². The Bertz CT molecular complexity index is 206. The van der Waals surface area contributed by atoms with Crippen LogP contribution in [-0.2, 0) is 0 Å².